The number of rotatable bonds is 5. The van der Waals surface area contributed by atoms with Crippen LogP contribution in [0.1, 0.15) is 43.6 Å². The van der Waals surface area contributed by atoms with Crippen molar-refractivity contribution in [3.63, 3.8) is 0 Å². The van der Waals surface area contributed by atoms with E-state index in [0.717, 1.165) is 6.54 Å². The van der Waals surface area contributed by atoms with Crippen LogP contribution in [0.4, 0.5) is 0 Å². The van der Waals surface area contributed by atoms with E-state index in [2.05, 4.69) is 61.5 Å². The molecule has 0 spiro atoms. The maximum Gasteiger partial charge on any atom is 0.0649 e. The van der Waals surface area contributed by atoms with E-state index in [1.807, 2.05) is 0 Å². The summed E-state index contributed by atoms with van der Waals surface area (Å²) in [5.74, 6) is 0.651. The molecule has 1 saturated carbocycles. The molecule has 0 radical (unpaired) electrons. The molecule has 0 aliphatic heterocycles. The highest BCUT2D eigenvalue weighted by Crippen LogP contribution is 2.34. The summed E-state index contributed by atoms with van der Waals surface area (Å²) in [5.41, 5.74) is 1.27. The molecule has 0 bridgehead atoms. The zero-order chi connectivity index (χ0) is 16.2. The molecule has 3 rings (SSSR count). The number of aliphatic hydroxyl groups excluding tert-OH is 1. The third-order valence-corrected chi connectivity index (χ3v) is 5.31. The second-order valence-electron chi connectivity index (χ2n) is 7.36. The van der Waals surface area contributed by atoms with Crippen LogP contribution in [0.5, 0.6) is 0 Å². The van der Waals surface area contributed by atoms with Gasteiger partial charge < -0.3 is 10.0 Å². The normalized spacial score (nSPS) is 19.1. The van der Waals surface area contributed by atoms with E-state index in [-0.39, 0.29) is 12.0 Å². The Morgan fingerprint density at radius 1 is 1.00 bits per heavy atom. The Morgan fingerprint density at radius 3 is 2.39 bits per heavy atom. The quantitative estimate of drug-likeness (QED) is 0.883. The van der Waals surface area contributed by atoms with Gasteiger partial charge in [-0.2, -0.15) is 0 Å². The number of hydrogen-bond acceptors (Lipinski definition) is 2. The zero-order valence-corrected chi connectivity index (χ0v) is 14.4. The largest absolute Gasteiger partial charge is 0.392 e. The van der Waals surface area contributed by atoms with Crippen LogP contribution in [0.15, 0.2) is 42.5 Å². The highest BCUT2D eigenvalue weighted by atomic mass is 16.3. The molecule has 0 aromatic heterocycles. The van der Waals surface area contributed by atoms with Crippen molar-refractivity contribution in [3.8, 4) is 0 Å². The van der Waals surface area contributed by atoms with Gasteiger partial charge in [0.1, 0.15) is 0 Å². The Labute approximate surface area is 140 Å². The van der Waals surface area contributed by atoms with E-state index in [1.165, 1.54) is 48.4 Å². The fourth-order valence-corrected chi connectivity index (χ4v) is 4.05. The molecule has 0 heterocycles. The summed E-state index contributed by atoms with van der Waals surface area (Å²) in [6.07, 6.45) is 6.00. The number of benzene rings is 2. The summed E-state index contributed by atoms with van der Waals surface area (Å²) >= 11 is 0. The molecule has 0 amide bonds. The van der Waals surface area contributed by atoms with Gasteiger partial charge in [0.05, 0.1) is 6.10 Å². The van der Waals surface area contributed by atoms with Gasteiger partial charge in [-0.05, 0) is 49.2 Å². The summed E-state index contributed by atoms with van der Waals surface area (Å²) in [7, 11) is 4.20. The second-order valence-corrected chi connectivity index (χ2v) is 7.36. The van der Waals surface area contributed by atoms with Crippen molar-refractivity contribution in [3.05, 3.63) is 48.0 Å². The summed E-state index contributed by atoms with van der Waals surface area (Å²) in [6.45, 7) is 0.899. The van der Waals surface area contributed by atoms with Crippen molar-refractivity contribution in [1.29, 1.82) is 0 Å². The first-order valence-electron chi connectivity index (χ1n) is 8.96. The van der Waals surface area contributed by atoms with Gasteiger partial charge in [-0.1, -0.05) is 61.7 Å². The number of nitrogens with zero attached hydrogens (tertiary/aromatic N) is 1. The fraction of sp³-hybridized carbons (Fsp3) is 0.524. The van der Waals surface area contributed by atoms with Gasteiger partial charge in [0, 0.05) is 12.5 Å². The fourth-order valence-electron chi connectivity index (χ4n) is 4.05. The van der Waals surface area contributed by atoms with Crippen molar-refractivity contribution >= 4 is 10.8 Å². The summed E-state index contributed by atoms with van der Waals surface area (Å²) in [4.78, 5) is 2.20. The Bertz CT molecular complexity index is 631. The molecule has 0 unspecified atom stereocenters. The molecular weight excluding hydrogens is 282 g/mol. The first-order valence-corrected chi connectivity index (χ1v) is 8.96. The van der Waals surface area contributed by atoms with E-state index in [1.54, 1.807) is 0 Å². The van der Waals surface area contributed by atoms with E-state index in [9.17, 15) is 5.11 Å². The van der Waals surface area contributed by atoms with Crippen molar-refractivity contribution < 1.29 is 5.11 Å². The highest BCUT2D eigenvalue weighted by molar-refractivity contribution is 5.83. The average Bonchev–Trinajstić information content (AvgIpc) is 2.59. The number of fused-ring (bicyclic) bond motifs is 1. The maximum absolute atomic E-state index is 11.1. The van der Waals surface area contributed by atoms with Crippen molar-refractivity contribution in [1.82, 2.24) is 4.90 Å². The lowest BCUT2D eigenvalue weighted by atomic mass is 9.78. The topological polar surface area (TPSA) is 23.5 Å². The molecule has 23 heavy (non-hydrogen) atoms. The number of likely N-dealkylation sites (N-methyl/N-ethyl adjacent to an activating group) is 1. The third kappa shape index (κ3) is 3.94. The molecule has 2 aromatic carbocycles. The molecule has 1 aliphatic rings. The first kappa shape index (κ1) is 16.5. The first-order chi connectivity index (χ1) is 11.1. The maximum atomic E-state index is 11.1. The van der Waals surface area contributed by atoms with Crippen LogP contribution < -0.4 is 0 Å². The molecule has 1 aliphatic carbocycles. The van der Waals surface area contributed by atoms with Gasteiger partial charge >= 0.3 is 0 Å². The van der Waals surface area contributed by atoms with E-state index in [4.69, 9.17) is 0 Å². The zero-order valence-electron chi connectivity index (χ0n) is 14.4. The van der Waals surface area contributed by atoms with E-state index < -0.39 is 0 Å². The van der Waals surface area contributed by atoms with Gasteiger partial charge in [-0.25, -0.2) is 0 Å². The minimum absolute atomic E-state index is 0.192. The average molecular weight is 311 g/mol. The van der Waals surface area contributed by atoms with Crippen molar-refractivity contribution in [2.24, 2.45) is 5.92 Å². The lowest BCUT2D eigenvalue weighted by molar-refractivity contribution is 0.0520. The van der Waals surface area contributed by atoms with Gasteiger partial charge in [-0.15, -0.1) is 0 Å². The molecule has 124 valence electrons. The molecular formula is C21H29NO. The lowest BCUT2D eigenvalue weighted by Gasteiger charge is -2.34. The minimum atomic E-state index is -0.237. The Hall–Kier alpha value is -1.38. The molecule has 2 aromatic rings. The second kappa shape index (κ2) is 7.46. The molecule has 2 heteroatoms. The van der Waals surface area contributed by atoms with Crippen molar-refractivity contribution in [2.45, 2.75) is 44.1 Å². The predicted molar refractivity (Wildman–Crippen MR) is 97.8 cm³/mol. The van der Waals surface area contributed by atoms with E-state index >= 15 is 0 Å². The number of hydrogen-bond donors (Lipinski definition) is 1. The van der Waals surface area contributed by atoms with Crippen LogP contribution in [0.25, 0.3) is 10.8 Å². The molecule has 0 saturated heterocycles. The van der Waals surface area contributed by atoms with Crippen LogP contribution >= 0.6 is 0 Å². The van der Waals surface area contributed by atoms with Crippen LogP contribution in [-0.4, -0.2) is 36.8 Å². The Kier molecular flexibility index (Phi) is 5.34. The lowest BCUT2D eigenvalue weighted by Crippen LogP contribution is -2.35. The third-order valence-electron chi connectivity index (χ3n) is 5.31. The van der Waals surface area contributed by atoms with Crippen LogP contribution in [0, 0.1) is 5.92 Å². The monoisotopic (exact) mass is 311 g/mol. The summed E-state index contributed by atoms with van der Waals surface area (Å²) in [5, 5.41) is 13.6. The molecule has 2 nitrogen and oxygen atoms in total. The van der Waals surface area contributed by atoms with Gasteiger partial charge in [0.15, 0.2) is 0 Å². The summed E-state index contributed by atoms with van der Waals surface area (Å²) in [6, 6.07) is 15.2. The molecule has 1 fully saturated rings. The highest BCUT2D eigenvalue weighted by Gasteiger charge is 2.30. The van der Waals surface area contributed by atoms with Crippen LogP contribution in [0.2, 0.25) is 0 Å². The predicted octanol–water partition coefficient (Wildman–Crippen LogP) is 4.43. The van der Waals surface area contributed by atoms with Crippen LogP contribution in [0.3, 0.4) is 0 Å². The smallest absolute Gasteiger partial charge is 0.0649 e. The standard InChI is InChI=1S/C21H29NO/c1-22(2)15-20(21(23)17-9-4-3-5-10-17)19-13-12-16-8-6-7-11-18(16)14-19/h6-8,11-14,17,20-21,23H,3-5,9-10,15H2,1-2H3/t20-,21+/m1/s1. The minimum Gasteiger partial charge on any atom is -0.392 e. The Balaban J connectivity index is 1.89. The Morgan fingerprint density at radius 2 is 1.70 bits per heavy atom. The number of aliphatic hydroxyl groups is 1. The van der Waals surface area contributed by atoms with Crippen LogP contribution in [-0.2, 0) is 0 Å². The van der Waals surface area contributed by atoms with Gasteiger partial charge in [-0.3, -0.25) is 0 Å². The molecule has 1 N–H and O–H groups in total. The van der Waals surface area contributed by atoms with Crippen molar-refractivity contribution in [2.75, 3.05) is 20.6 Å². The SMILES string of the molecule is CN(C)C[C@H](c1ccc2ccccc2c1)[C@@H](O)C1CCCCC1. The summed E-state index contributed by atoms with van der Waals surface area (Å²) < 4.78 is 0. The van der Waals surface area contributed by atoms with Gasteiger partial charge in [0.2, 0.25) is 0 Å². The molecule has 2 atom stereocenters. The van der Waals surface area contributed by atoms with E-state index in [0.29, 0.717) is 5.92 Å². The van der Waals surface area contributed by atoms with Gasteiger partial charge in [0.25, 0.3) is 0 Å².